The summed E-state index contributed by atoms with van der Waals surface area (Å²) in [5.41, 5.74) is 6.94. The van der Waals surface area contributed by atoms with Crippen molar-refractivity contribution in [2.75, 3.05) is 6.61 Å². The van der Waals surface area contributed by atoms with Crippen molar-refractivity contribution < 1.29 is 9.13 Å². The van der Waals surface area contributed by atoms with Gasteiger partial charge in [-0.3, -0.25) is 5.43 Å². The molecule has 3 aromatic rings. The Labute approximate surface area is 167 Å². The lowest BCUT2D eigenvalue weighted by Gasteiger charge is -2.10. The number of fused-ring (bicyclic) bond motifs is 1. The normalized spacial score (nSPS) is 13.0. The maximum atomic E-state index is 13.3. The molecule has 140 valence electrons. The summed E-state index contributed by atoms with van der Waals surface area (Å²) in [6.45, 7) is 2.50. The van der Waals surface area contributed by atoms with Crippen LogP contribution in [0.1, 0.15) is 23.6 Å². The average Bonchev–Trinajstić information content (AvgIpc) is 2.89. The fourth-order valence-electron chi connectivity index (χ4n) is 2.94. The van der Waals surface area contributed by atoms with Gasteiger partial charge in [-0.05, 0) is 61.5 Å². The van der Waals surface area contributed by atoms with E-state index in [4.69, 9.17) is 21.3 Å². The third-order valence-electron chi connectivity index (χ3n) is 4.28. The Balaban J connectivity index is 1.84. The molecule has 4 rings (SSSR count). The third kappa shape index (κ3) is 3.75. The van der Waals surface area contributed by atoms with E-state index in [1.54, 1.807) is 12.1 Å². The van der Waals surface area contributed by atoms with Gasteiger partial charge in [-0.15, -0.1) is 0 Å². The smallest absolute Gasteiger partial charge is 0.154 e. The van der Waals surface area contributed by atoms with E-state index in [1.807, 2.05) is 49.4 Å². The first-order chi connectivity index (χ1) is 13.6. The Bertz CT molecular complexity index is 1060. The number of aliphatic imine (C=N–C) groups is 1. The third-order valence-corrected chi connectivity index (χ3v) is 4.53. The van der Waals surface area contributed by atoms with E-state index < -0.39 is 0 Å². The lowest BCUT2D eigenvalue weighted by molar-refractivity contribution is 0.340. The molecule has 3 aromatic carbocycles. The van der Waals surface area contributed by atoms with Crippen LogP contribution >= 0.6 is 11.6 Å². The van der Waals surface area contributed by atoms with Crippen LogP contribution < -0.4 is 10.2 Å². The summed E-state index contributed by atoms with van der Waals surface area (Å²) in [7, 11) is 0. The van der Waals surface area contributed by atoms with Gasteiger partial charge in [0.1, 0.15) is 17.3 Å². The molecule has 0 bridgehead atoms. The van der Waals surface area contributed by atoms with Crippen LogP contribution in [0.5, 0.6) is 5.75 Å². The maximum Gasteiger partial charge on any atom is 0.154 e. The summed E-state index contributed by atoms with van der Waals surface area (Å²) in [4.78, 5) is 4.72. The van der Waals surface area contributed by atoms with E-state index in [2.05, 4.69) is 10.5 Å². The minimum absolute atomic E-state index is 0.301. The maximum absolute atomic E-state index is 13.3. The number of nitrogens with zero attached hydrogens (tertiary/aromatic N) is 2. The Morgan fingerprint density at radius 2 is 1.68 bits per heavy atom. The topological polar surface area (TPSA) is 46.0 Å². The van der Waals surface area contributed by atoms with Crippen molar-refractivity contribution in [1.29, 1.82) is 0 Å². The highest BCUT2D eigenvalue weighted by atomic mass is 35.5. The Kier molecular flexibility index (Phi) is 5.08. The quantitative estimate of drug-likeness (QED) is 0.652. The Morgan fingerprint density at radius 3 is 2.39 bits per heavy atom. The monoisotopic (exact) mass is 393 g/mol. The highest BCUT2D eigenvalue weighted by Crippen LogP contribution is 2.30. The zero-order valence-corrected chi connectivity index (χ0v) is 15.9. The van der Waals surface area contributed by atoms with Gasteiger partial charge in [0.2, 0.25) is 0 Å². The molecule has 0 amide bonds. The minimum atomic E-state index is -0.301. The molecule has 0 spiro atoms. The van der Waals surface area contributed by atoms with Gasteiger partial charge in [-0.1, -0.05) is 23.7 Å². The molecule has 0 fully saturated rings. The molecule has 28 heavy (non-hydrogen) atoms. The predicted octanol–water partition coefficient (Wildman–Crippen LogP) is 5.31. The van der Waals surface area contributed by atoms with Crippen LogP contribution in [0, 0.1) is 5.82 Å². The van der Waals surface area contributed by atoms with Crippen molar-refractivity contribution in [3.8, 4) is 5.75 Å². The number of nitrogens with one attached hydrogen (secondary N) is 1. The van der Waals surface area contributed by atoms with Crippen LogP contribution in [-0.2, 0) is 0 Å². The van der Waals surface area contributed by atoms with Crippen molar-refractivity contribution in [2.45, 2.75) is 6.92 Å². The van der Waals surface area contributed by atoms with E-state index in [1.165, 1.54) is 12.1 Å². The standard InChI is InChI=1S/C22H17ClFN3O/c1-2-28-18-11-12-20-19(13-18)21(14-3-7-16(23)8-4-14)26-27-22(25-20)15-5-9-17(24)10-6-15/h3-13H,2H2,1H3,(H,25,27). The number of halogens is 2. The zero-order valence-electron chi connectivity index (χ0n) is 15.1. The molecule has 0 saturated heterocycles. The largest absolute Gasteiger partial charge is 0.494 e. The van der Waals surface area contributed by atoms with Gasteiger partial charge in [0.15, 0.2) is 5.84 Å². The van der Waals surface area contributed by atoms with Crippen LogP contribution in [0.3, 0.4) is 0 Å². The summed E-state index contributed by atoms with van der Waals surface area (Å²) >= 11 is 6.04. The molecule has 0 aliphatic carbocycles. The van der Waals surface area contributed by atoms with Crippen molar-refractivity contribution in [3.05, 3.63) is 94.3 Å². The molecule has 4 nitrogen and oxygen atoms in total. The van der Waals surface area contributed by atoms with Gasteiger partial charge in [0.25, 0.3) is 0 Å². The van der Waals surface area contributed by atoms with Gasteiger partial charge in [-0.2, -0.15) is 5.10 Å². The first kappa shape index (κ1) is 18.2. The summed E-state index contributed by atoms with van der Waals surface area (Å²) in [5, 5.41) is 5.24. The molecule has 0 saturated carbocycles. The second-order valence-electron chi connectivity index (χ2n) is 6.16. The molecule has 1 aliphatic rings. The van der Waals surface area contributed by atoms with E-state index in [0.29, 0.717) is 23.2 Å². The highest BCUT2D eigenvalue weighted by Gasteiger charge is 2.18. The van der Waals surface area contributed by atoms with Crippen molar-refractivity contribution in [1.82, 2.24) is 5.43 Å². The molecule has 0 unspecified atom stereocenters. The number of benzene rings is 3. The molecule has 0 radical (unpaired) electrons. The van der Waals surface area contributed by atoms with Gasteiger partial charge in [-0.25, -0.2) is 9.38 Å². The highest BCUT2D eigenvalue weighted by molar-refractivity contribution is 6.30. The number of ether oxygens (including phenoxy) is 1. The first-order valence-corrected chi connectivity index (χ1v) is 9.23. The SMILES string of the molecule is CCOc1ccc2c(c1)C(c1ccc(Cl)cc1)=NNC(c1ccc(F)cc1)=N2. The Morgan fingerprint density at radius 1 is 0.964 bits per heavy atom. The number of hydrogen-bond acceptors (Lipinski definition) is 4. The lowest BCUT2D eigenvalue weighted by atomic mass is 10.0. The molecule has 1 N–H and O–H groups in total. The van der Waals surface area contributed by atoms with E-state index in [-0.39, 0.29) is 5.82 Å². The summed E-state index contributed by atoms with van der Waals surface area (Å²) in [6.07, 6.45) is 0. The van der Waals surface area contributed by atoms with E-state index >= 15 is 0 Å². The van der Waals surface area contributed by atoms with Gasteiger partial charge in [0, 0.05) is 21.7 Å². The summed E-state index contributed by atoms with van der Waals surface area (Å²) in [6, 6.07) is 19.3. The van der Waals surface area contributed by atoms with Crippen LogP contribution in [0.2, 0.25) is 5.02 Å². The minimum Gasteiger partial charge on any atom is -0.494 e. The molecular formula is C22H17ClFN3O. The predicted molar refractivity (Wildman–Crippen MR) is 110 cm³/mol. The average molecular weight is 394 g/mol. The number of hydrazone groups is 1. The van der Waals surface area contributed by atoms with E-state index in [0.717, 1.165) is 28.1 Å². The molecule has 1 aliphatic heterocycles. The number of hydrogen-bond donors (Lipinski definition) is 1. The summed E-state index contributed by atoms with van der Waals surface area (Å²) in [5.74, 6) is 0.975. The molecule has 6 heteroatoms. The van der Waals surface area contributed by atoms with Crippen molar-refractivity contribution >= 4 is 28.8 Å². The van der Waals surface area contributed by atoms with Crippen LogP contribution in [0.15, 0.2) is 76.8 Å². The summed E-state index contributed by atoms with van der Waals surface area (Å²) < 4.78 is 18.9. The molecule has 0 atom stereocenters. The van der Waals surface area contributed by atoms with Gasteiger partial charge >= 0.3 is 0 Å². The fourth-order valence-corrected chi connectivity index (χ4v) is 3.06. The Hall–Kier alpha value is -3.18. The lowest BCUT2D eigenvalue weighted by Crippen LogP contribution is -2.19. The van der Waals surface area contributed by atoms with Crippen molar-refractivity contribution in [3.63, 3.8) is 0 Å². The van der Waals surface area contributed by atoms with Crippen molar-refractivity contribution in [2.24, 2.45) is 10.1 Å². The van der Waals surface area contributed by atoms with Crippen LogP contribution in [0.4, 0.5) is 10.1 Å². The van der Waals surface area contributed by atoms with Gasteiger partial charge < -0.3 is 4.74 Å². The van der Waals surface area contributed by atoms with Gasteiger partial charge in [0.05, 0.1) is 12.3 Å². The zero-order chi connectivity index (χ0) is 19.5. The second-order valence-corrected chi connectivity index (χ2v) is 6.59. The number of rotatable bonds is 4. The molecule has 0 aromatic heterocycles. The second kappa shape index (κ2) is 7.82. The molecule has 1 heterocycles. The van der Waals surface area contributed by atoms with E-state index in [9.17, 15) is 4.39 Å². The fraction of sp³-hybridized carbons (Fsp3) is 0.0909. The first-order valence-electron chi connectivity index (χ1n) is 8.85. The number of amidine groups is 1. The van der Waals surface area contributed by atoms with Crippen LogP contribution in [0.25, 0.3) is 0 Å². The van der Waals surface area contributed by atoms with Crippen LogP contribution in [-0.4, -0.2) is 18.2 Å². The molecular weight excluding hydrogens is 377 g/mol.